The van der Waals surface area contributed by atoms with E-state index in [1.165, 1.54) is 0 Å². The molecule has 84 valence electrons. The van der Waals surface area contributed by atoms with Crippen molar-refractivity contribution in [1.29, 1.82) is 0 Å². The molecule has 0 aliphatic rings. The molecule has 0 fully saturated rings. The first kappa shape index (κ1) is 12.0. The number of nitrogens with one attached hydrogen (secondary N) is 2. The van der Waals surface area contributed by atoms with Gasteiger partial charge in [0.15, 0.2) is 0 Å². The van der Waals surface area contributed by atoms with Gasteiger partial charge in [-0.05, 0) is 33.3 Å². The van der Waals surface area contributed by atoms with Gasteiger partial charge in [0.1, 0.15) is 5.69 Å². The van der Waals surface area contributed by atoms with Crippen LogP contribution in [-0.2, 0) is 0 Å². The molecular formula is C10H16ClN3O. The Labute approximate surface area is 94.4 Å². The second-order valence-electron chi connectivity index (χ2n) is 4.22. The van der Waals surface area contributed by atoms with Gasteiger partial charge in [0.05, 0.1) is 17.1 Å². The average molecular weight is 230 g/mol. The topological polar surface area (TPSA) is 57.8 Å². The summed E-state index contributed by atoms with van der Waals surface area (Å²) in [4.78, 5) is 11.8. The molecule has 1 unspecified atom stereocenters. The fourth-order valence-corrected chi connectivity index (χ4v) is 1.09. The number of halogens is 1. The van der Waals surface area contributed by atoms with Crippen LogP contribution in [0, 0.1) is 6.92 Å². The molecule has 2 N–H and O–H groups in total. The molecule has 1 heterocycles. The quantitative estimate of drug-likeness (QED) is 0.778. The van der Waals surface area contributed by atoms with Crippen LogP contribution >= 0.6 is 11.6 Å². The number of rotatable bonds is 3. The van der Waals surface area contributed by atoms with Crippen molar-refractivity contribution in [2.24, 2.45) is 0 Å². The lowest BCUT2D eigenvalue weighted by molar-refractivity contribution is 0.0906. The maximum atomic E-state index is 11.8. The van der Waals surface area contributed by atoms with E-state index in [-0.39, 0.29) is 11.3 Å². The smallest absolute Gasteiger partial charge is 0.270 e. The van der Waals surface area contributed by atoms with Gasteiger partial charge >= 0.3 is 0 Å². The van der Waals surface area contributed by atoms with Crippen LogP contribution in [0.5, 0.6) is 0 Å². The molecule has 1 rings (SSSR count). The van der Waals surface area contributed by atoms with Crippen LogP contribution in [0.3, 0.4) is 0 Å². The summed E-state index contributed by atoms with van der Waals surface area (Å²) in [6.45, 7) is 7.44. The molecule has 0 spiro atoms. The molecule has 5 heteroatoms. The maximum Gasteiger partial charge on any atom is 0.270 e. The van der Waals surface area contributed by atoms with E-state index in [4.69, 9.17) is 11.6 Å². The van der Waals surface area contributed by atoms with E-state index in [2.05, 4.69) is 15.5 Å². The van der Waals surface area contributed by atoms with Gasteiger partial charge < -0.3 is 5.32 Å². The van der Waals surface area contributed by atoms with Gasteiger partial charge in [0.25, 0.3) is 5.91 Å². The highest BCUT2D eigenvalue weighted by atomic mass is 35.5. The number of hydrogen-bond acceptors (Lipinski definition) is 2. The zero-order valence-electron chi connectivity index (χ0n) is 9.39. The van der Waals surface area contributed by atoms with Gasteiger partial charge in [-0.25, -0.2) is 0 Å². The number of H-pyrrole nitrogens is 1. The molecule has 1 aromatic rings. The van der Waals surface area contributed by atoms with Crippen molar-refractivity contribution in [3.8, 4) is 0 Å². The number of nitrogens with zero attached hydrogens (tertiary/aromatic N) is 1. The summed E-state index contributed by atoms with van der Waals surface area (Å²) < 4.78 is 0. The molecule has 0 aliphatic carbocycles. The molecule has 4 nitrogen and oxygen atoms in total. The monoisotopic (exact) mass is 229 g/mol. The van der Waals surface area contributed by atoms with Gasteiger partial charge in [0.2, 0.25) is 0 Å². The maximum absolute atomic E-state index is 11.8. The third-order valence-corrected chi connectivity index (χ3v) is 3.03. The molecule has 0 saturated carbocycles. The van der Waals surface area contributed by atoms with Crippen LogP contribution in [0.2, 0.25) is 0 Å². The second-order valence-corrected chi connectivity index (χ2v) is 4.87. The number of aryl methyl sites for hydroxylation is 1. The molecule has 1 atom stereocenters. The van der Waals surface area contributed by atoms with E-state index in [0.29, 0.717) is 5.69 Å². The zero-order chi connectivity index (χ0) is 11.6. The first-order valence-corrected chi connectivity index (χ1v) is 5.25. The van der Waals surface area contributed by atoms with Crippen molar-refractivity contribution in [2.45, 2.75) is 38.6 Å². The number of aromatic amines is 1. The van der Waals surface area contributed by atoms with Crippen molar-refractivity contribution in [3.63, 3.8) is 0 Å². The highest BCUT2D eigenvalue weighted by Gasteiger charge is 2.27. The molecule has 1 amide bonds. The Balaban J connectivity index is 2.77. The van der Waals surface area contributed by atoms with E-state index < -0.39 is 5.54 Å². The SMILES string of the molecule is Cc1cn[nH]c1C(=O)NC(C)(C)C(C)Cl. The molecule has 0 radical (unpaired) electrons. The normalized spacial score (nSPS) is 13.7. The highest BCUT2D eigenvalue weighted by molar-refractivity contribution is 6.21. The summed E-state index contributed by atoms with van der Waals surface area (Å²) in [5.74, 6) is -0.178. The van der Waals surface area contributed by atoms with Crippen molar-refractivity contribution in [2.75, 3.05) is 0 Å². The standard InChI is InChI=1S/C10H16ClN3O/c1-6-5-12-14-8(6)9(15)13-10(3,4)7(2)11/h5,7H,1-4H3,(H,12,14)(H,13,15). The fourth-order valence-electron chi connectivity index (χ4n) is 1.03. The lowest BCUT2D eigenvalue weighted by atomic mass is 10.0. The number of hydrogen-bond donors (Lipinski definition) is 2. The minimum Gasteiger partial charge on any atom is -0.344 e. The number of alkyl halides is 1. The van der Waals surface area contributed by atoms with Gasteiger partial charge in [-0.3, -0.25) is 9.89 Å². The molecule has 15 heavy (non-hydrogen) atoms. The van der Waals surface area contributed by atoms with Crippen LogP contribution < -0.4 is 5.32 Å². The minimum absolute atomic E-state index is 0.148. The van der Waals surface area contributed by atoms with E-state index in [1.54, 1.807) is 6.20 Å². The average Bonchev–Trinajstić information content (AvgIpc) is 2.50. The van der Waals surface area contributed by atoms with Crippen molar-refractivity contribution < 1.29 is 4.79 Å². The number of amides is 1. The van der Waals surface area contributed by atoms with E-state index in [0.717, 1.165) is 5.56 Å². The van der Waals surface area contributed by atoms with Crippen molar-refractivity contribution in [1.82, 2.24) is 15.5 Å². The van der Waals surface area contributed by atoms with Crippen molar-refractivity contribution in [3.05, 3.63) is 17.5 Å². The zero-order valence-corrected chi connectivity index (χ0v) is 10.1. The van der Waals surface area contributed by atoms with E-state index in [1.807, 2.05) is 27.7 Å². The Morgan fingerprint density at radius 2 is 2.27 bits per heavy atom. The van der Waals surface area contributed by atoms with Crippen LogP contribution in [0.25, 0.3) is 0 Å². The molecule has 0 aromatic carbocycles. The summed E-state index contributed by atoms with van der Waals surface area (Å²) in [5.41, 5.74) is 0.863. The molecule has 0 saturated heterocycles. The Morgan fingerprint density at radius 3 is 2.67 bits per heavy atom. The molecule has 0 aliphatic heterocycles. The van der Waals surface area contributed by atoms with Gasteiger partial charge in [-0.1, -0.05) is 0 Å². The van der Waals surface area contributed by atoms with Crippen LogP contribution in [0.15, 0.2) is 6.20 Å². The number of aromatic nitrogens is 2. The summed E-state index contributed by atoms with van der Waals surface area (Å²) in [5, 5.41) is 9.17. The Bertz CT molecular complexity index is 357. The largest absolute Gasteiger partial charge is 0.344 e. The molecule has 1 aromatic heterocycles. The summed E-state index contributed by atoms with van der Waals surface area (Å²) >= 11 is 5.97. The summed E-state index contributed by atoms with van der Waals surface area (Å²) in [7, 11) is 0. The third-order valence-electron chi connectivity index (χ3n) is 2.49. The first-order chi connectivity index (χ1) is 6.84. The number of carbonyl (C=O) groups is 1. The van der Waals surface area contributed by atoms with Crippen LogP contribution in [0.4, 0.5) is 0 Å². The highest BCUT2D eigenvalue weighted by Crippen LogP contribution is 2.15. The second kappa shape index (κ2) is 4.23. The predicted molar refractivity (Wildman–Crippen MR) is 60.2 cm³/mol. The predicted octanol–water partition coefficient (Wildman–Crippen LogP) is 1.85. The van der Waals surface area contributed by atoms with Crippen LogP contribution in [-0.4, -0.2) is 27.0 Å². The minimum atomic E-state index is -0.448. The van der Waals surface area contributed by atoms with Crippen molar-refractivity contribution >= 4 is 17.5 Å². The van der Waals surface area contributed by atoms with Crippen LogP contribution in [0.1, 0.15) is 36.8 Å². The number of carbonyl (C=O) groups excluding carboxylic acids is 1. The van der Waals surface area contributed by atoms with Gasteiger partial charge in [-0.15, -0.1) is 11.6 Å². The summed E-state index contributed by atoms with van der Waals surface area (Å²) in [6.07, 6.45) is 1.62. The van der Waals surface area contributed by atoms with Gasteiger partial charge in [0, 0.05) is 0 Å². The lowest BCUT2D eigenvalue weighted by Gasteiger charge is -2.28. The Kier molecular flexibility index (Phi) is 3.39. The first-order valence-electron chi connectivity index (χ1n) is 4.81. The third kappa shape index (κ3) is 2.72. The van der Waals surface area contributed by atoms with E-state index >= 15 is 0 Å². The fraction of sp³-hybridized carbons (Fsp3) is 0.600. The van der Waals surface area contributed by atoms with E-state index in [9.17, 15) is 4.79 Å². The lowest BCUT2D eigenvalue weighted by Crippen LogP contribution is -2.49. The Hall–Kier alpha value is -1.03. The Morgan fingerprint density at radius 1 is 1.67 bits per heavy atom. The van der Waals surface area contributed by atoms with Gasteiger partial charge in [-0.2, -0.15) is 5.10 Å². The molecular weight excluding hydrogens is 214 g/mol. The summed E-state index contributed by atoms with van der Waals surface area (Å²) in [6, 6.07) is 0. The molecule has 0 bridgehead atoms.